The van der Waals surface area contributed by atoms with Gasteiger partial charge in [-0.05, 0) is 25.7 Å². The Kier molecular flexibility index (Phi) is 7.34. The topological polar surface area (TPSA) is 66.4 Å². The summed E-state index contributed by atoms with van der Waals surface area (Å²) in [6.07, 6.45) is 9.96. The van der Waals surface area contributed by atoms with Gasteiger partial charge in [0.1, 0.15) is 0 Å². The summed E-state index contributed by atoms with van der Waals surface area (Å²) in [6, 6.07) is 0.188. The highest BCUT2D eigenvalue weighted by Gasteiger charge is 2.34. The van der Waals surface area contributed by atoms with Crippen molar-refractivity contribution in [1.29, 1.82) is 0 Å². The molecule has 1 rings (SSSR count). The second kappa shape index (κ2) is 8.77. The molecule has 0 bridgehead atoms. The zero-order valence-corrected chi connectivity index (χ0v) is 12.6. The molecule has 0 saturated heterocycles. The highest BCUT2D eigenvalue weighted by Crippen LogP contribution is 2.26. The fourth-order valence-corrected chi connectivity index (χ4v) is 2.77. The van der Waals surface area contributed by atoms with Gasteiger partial charge in [0.15, 0.2) is 0 Å². The van der Waals surface area contributed by atoms with Crippen LogP contribution in [0.1, 0.15) is 58.8 Å². The van der Waals surface area contributed by atoms with E-state index in [2.05, 4.69) is 19.2 Å². The van der Waals surface area contributed by atoms with Crippen molar-refractivity contribution in [2.75, 3.05) is 0 Å². The van der Waals surface area contributed by atoms with Crippen LogP contribution in [-0.2, 0) is 9.59 Å². The Labute approximate surface area is 121 Å². The average molecular weight is 281 g/mol. The number of amides is 1. The first-order chi connectivity index (χ1) is 9.60. The zero-order valence-electron chi connectivity index (χ0n) is 12.6. The van der Waals surface area contributed by atoms with Gasteiger partial charge >= 0.3 is 5.97 Å². The van der Waals surface area contributed by atoms with Crippen LogP contribution in [0.15, 0.2) is 12.2 Å². The number of carbonyl (C=O) groups excluding carboxylic acids is 1. The molecule has 2 N–H and O–H groups in total. The lowest BCUT2D eigenvalue weighted by atomic mass is 9.82. The largest absolute Gasteiger partial charge is 0.481 e. The Balaban J connectivity index is 2.61. The molecule has 0 saturated carbocycles. The minimum absolute atomic E-state index is 0.0868. The molecule has 0 aromatic rings. The van der Waals surface area contributed by atoms with Crippen LogP contribution in [0, 0.1) is 11.8 Å². The van der Waals surface area contributed by atoms with Gasteiger partial charge in [0.25, 0.3) is 0 Å². The first kappa shape index (κ1) is 16.7. The monoisotopic (exact) mass is 281 g/mol. The molecule has 4 heteroatoms. The van der Waals surface area contributed by atoms with Crippen molar-refractivity contribution in [3.63, 3.8) is 0 Å². The molecule has 1 aliphatic carbocycles. The first-order valence-electron chi connectivity index (χ1n) is 7.78. The van der Waals surface area contributed by atoms with Crippen LogP contribution >= 0.6 is 0 Å². The number of carboxylic acids is 1. The lowest BCUT2D eigenvalue weighted by molar-refractivity contribution is -0.147. The van der Waals surface area contributed by atoms with Crippen molar-refractivity contribution >= 4 is 11.9 Å². The highest BCUT2D eigenvalue weighted by molar-refractivity contribution is 5.85. The number of carbonyl (C=O) groups is 2. The van der Waals surface area contributed by atoms with Gasteiger partial charge in [-0.15, -0.1) is 0 Å². The summed E-state index contributed by atoms with van der Waals surface area (Å²) in [5.41, 5.74) is 0. The standard InChI is InChI=1S/C16H27NO3/c1-3-5-9-12(8-4-2)17-15(18)13-10-6-7-11-14(13)16(19)20/h6-7,12-14H,3-5,8-11H2,1-2H3,(H,17,18)(H,19,20). The van der Waals surface area contributed by atoms with Crippen molar-refractivity contribution in [2.45, 2.75) is 64.8 Å². The fraction of sp³-hybridized carbons (Fsp3) is 0.750. The molecule has 20 heavy (non-hydrogen) atoms. The van der Waals surface area contributed by atoms with Gasteiger partial charge in [-0.1, -0.05) is 45.3 Å². The third-order valence-corrected chi connectivity index (χ3v) is 3.98. The van der Waals surface area contributed by atoms with E-state index in [1.54, 1.807) is 0 Å². The number of allylic oxidation sites excluding steroid dienone is 2. The van der Waals surface area contributed by atoms with E-state index in [-0.39, 0.29) is 11.9 Å². The minimum Gasteiger partial charge on any atom is -0.481 e. The van der Waals surface area contributed by atoms with E-state index in [4.69, 9.17) is 0 Å². The van der Waals surface area contributed by atoms with Gasteiger partial charge in [0.2, 0.25) is 5.91 Å². The third-order valence-electron chi connectivity index (χ3n) is 3.98. The van der Waals surface area contributed by atoms with Crippen molar-refractivity contribution in [3.8, 4) is 0 Å². The van der Waals surface area contributed by atoms with Crippen LogP contribution in [0.25, 0.3) is 0 Å². The molecule has 4 nitrogen and oxygen atoms in total. The second-order valence-electron chi connectivity index (χ2n) is 5.63. The number of nitrogens with one attached hydrogen (secondary N) is 1. The molecule has 1 aliphatic rings. The van der Waals surface area contributed by atoms with Gasteiger partial charge in [-0.25, -0.2) is 0 Å². The number of unbranched alkanes of at least 4 members (excludes halogenated alkanes) is 1. The van der Waals surface area contributed by atoms with E-state index >= 15 is 0 Å². The maximum Gasteiger partial charge on any atom is 0.307 e. The first-order valence-corrected chi connectivity index (χ1v) is 7.78. The lowest BCUT2D eigenvalue weighted by Crippen LogP contribution is -2.43. The summed E-state index contributed by atoms with van der Waals surface area (Å²) in [7, 11) is 0. The number of carboxylic acid groups (broad SMARTS) is 1. The fourth-order valence-electron chi connectivity index (χ4n) is 2.77. The Hall–Kier alpha value is -1.32. The van der Waals surface area contributed by atoms with Gasteiger partial charge in [-0.3, -0.25) is 9.59 Å². The summed E-state index contributed by atoms with van der Waals surface area (Å²) in [5.74, 6) is -1.95. The van der Waals surface area contributed by atoms with Crippen LogP contribution in [0.5, 0.6) is 0 Å². The molecule has 0 fully saturated rings. The van der Waals surface area contributed by atoms with Crippen molar-refractivity contribution in [2.24, 2.45) is 11.8 Å². The molecule has 0 aromatic heterocycles. The predicted octanol–water partition coefficient (Wildman–Crippen LogP) is 3.13. The highest BCUT2D eigenvalue weighted by atomic mass is 16.4. The van der Waals surface area contributed by atoms with E-state index in [0.717, 1.165) is 32.1 Å². The van der Waals surface area contributed by atoms with Gasteiger partial charge in [0, 0.05) is 6.04 Å². The van der Waals surface area contributed by atoms with Gasteiger partial charge in [0.05, 0.1) is 11.8 Å². The lowest BCUT2D eigenvalue weighted by Gasteiger charge is -2.27. The molecule has 0 aliphatic heterocycles. The summed E-state index contributed by atoms with van der Waals surface area (Å²) in [5, 5.41) is 12.3. The Bertz CT molecular complexity index is 352. The SMILES string of the molecule is CCCCC(CCC)NC(=O)C1CC=CCC1C(=O)O. The van der Waals surface area contributed by atoms with Crippen LogP contribution in [0.4, 0.5) is 0 Å². The van der Waals surface area contributed by atoms with Gasteiger partial charge < -0.3 is 10.4 Å². The van der Waals surface area contributed by atoms with Crippen molar-refractivity contribution < 1.29 is 14.7 Å². The van der Waals surface area contributed by atoms with Crippen molar-refractivity contribution in [3.05, 3.63) is 12.2 Å². The quantitative estimate of drug-likeness (QED) is 0.672. The molecular weight excluding hydrogens is 254 g/mol. The molecule has 0 heterocycles. The normalized spacial score (nSPS) is 23.3. The summed E-state index contributed by atoms with van der Waals surface area (Å²) in [4.78, 5) is 23.6. The van der Waals surface area contributed by atoms with E-state index < -0.39 is 17.8 Å². The van der Waals surface area contributed by atoms with Crippen LogP contribution in [0.2, 0.25) is 0 Å². The smallest absolute Gasteiger partial charge is 0.307 e. The maximum atomic E-state index is 12.4. The molecule has 0 aromatic carbocycles. The summed E-state index contributed by atoms with van der Waals surface area (Å²) in [6.45, 7) is 4.24. The van der Waals surface area contributed by atoms with E-state index in [1.807, 2.05) is 12.2 Å². The molecular formula is C16H27NO3. The van der Waals surface area contributed by atoms with Crippen molar-refractivity contribution in [1.82, 2.24) is 5.32 Å². The summed E-state index contributed by atoms with van der Waals surface area (Å²) >= 11 is 0. The van der Waals surface area contributed by atoms with E-state index in [0.29, 0.717) is 12.8 Å². The number of hydrogen-bond donors (Lipinski definition) is 2. The molecule has 0 spiro atoms. The number of hydrogen-bond acceptors (Lipinski definition) is 2. The van der Waals surface area contributed by atoms with E-state index in [9.17, 15) is 14.7 Å². The number of aliphatic carboxylic acids is 1. The van der Waals surface area contributed by atoms with Crippen LogP contribution in [0.3, 0.4) is 0 Å². The van der Waals surface area contributed by atoms with Crippen LogP contribution < -0.4 is 5.32 Å². The second-order valence-corrected chi connectivity index (χ2v) is 5.63. The van der Waals surface area contributed by atoms with Crippen LogP contribution in [-0.4, -0.2) is 23.0 Å². The number of rotatable bonds is 8. The average Bonchev–Trinajstić information content (AvgIpc) is 2.44. The maximum absolute atomic E-state index is 12.4. The predicted molar refractivity (Wildman–Crippen MR) is 79.4 cm³/mol. The third kappa shape index (κ3) is 4.99. The molecule has 3 atom stereocenters. The Morgan fingerprint density at radius 2 is 1.80 bits per heavy atom. The molecule has 0 radical (unpaired) electrons. The molecule has 3 unspecified atom stereocenters. The molecule has 1 amide bonds. The van der Waals surface area contributed by atoms with Gasteiger partial charge in [-0.2, -0.15) is 0 Å². The Morgan fingerprint density at radius 1 is 1.15 bits per heavy atom. The molecule has 114 valence electrons. The Morgan fingerprint density at radius 3 is 2.35 bits per heavy atom. The van der Waals surface area contributed by atoms with E-state index in [1.165, 1.54) is 0 Å². The minimum atomic E-state index is -0.866. The summed E-state index contributed by atoms with van der Waals surface area (Å²) < 4.78 is 0. The zero-order chi connectivity index (χ0) is 15.0.